The molecule has 0 radical (unpaired) electrons. The number of aromatic nitrogens is 3. The van der Waals surface area contributed by atoms with E-state index in [0.717, 1.165) is 31.8 Å². The number of likely N-dealkylation sites (tertiary alicyclic amines) is 1. The average Bonchev–Trinajstić information content (AvgIpc) is 2.90. The molecule has 1 aromatic heterocycles. The van der Waals surface area contributed by atoms with E-state index in [-0.39, 0.29) is 6.61 Å². The summed E-state index contributed by atoms with van der Waals surface area (Å²) in [5, 5.41) is 18.2. The zero-order valence-corrected chi connectivity index (χ0v) is 12.6. The van der Waals surface area contributed by atoms with Crippen LogP contribution in [0.25, 0.3) is 0 Å². The van der Waals surface area contributed by atoms with Gasteiger partial charge in [0.1, 0.15) is 11.6 Å². The Labute approximate surface area is 121 Å². The maximum atomic E-state index is 9.30. The number of nitrogens with zero attached hydrogens (tertiary/aromatic N) is 4. The maximum Gasteiger partial charge on any atom is 0.137 e. The topological polar surface area (TPSA) is 54.2 Å². The lowest BCUT2D eigenvalue weighted by molar-refractivity contribution is 0.161. The highest BCUT2D eigenvalue weighted by atomic mass is 16.3. The van der Waals surface area contributed by atoms with Gasteiger partial charge in [0.05, 0.1) is 0 Å². The van der Waals surface area contributed by atoms with Crippen molar-refractivity contribution in [3.8, 4) is 0 Å². The summed E-state index contributed by atoms with van der Waals surface area (Å²) in [5.41, 5.74) is 0. The molecule has 1 aromatic rings. The molecule has 0 amide bonds. The molecule has 112 valence electrons. The molecule has 0 bridgehead atoms. The molecule has 5 nitrogen and oxygen atoms in total. The minimum atomic E-state index is 0.271. The van der Waals surface area contributed by atoms with Gasteiger partial charge in [0.25, 0.3) is 0 Å². The van der Waals surface area contributed by atoms with Gasteiger partial charge in [-0.25, -0.2) is 0 Å². The van der Waals surface area contributed by atoms with Crippen molar-refractivity contribution in [2.45, 2.75) is 58.0 Å². The van der Waals surface area contributed by atoms with E-state index in [9.17, 15) is 5.11 Å². The van der Waals surface area contributed by atoms with E-state index in [0.29, 0.717) is 17.9 Å². The predicted molar refractivity (Wildman–Crippen MR) is 77.6 cm³/mol. The highest BCUT2D eigenvalue weighted by Gasteiger charge is 2.30. The molecule has 1 N–H and O–H groups in total. The first-order chi connectivity index (χ1) is 9.69. The van der Waals surface area contributed by atoms with Gasteiger partial charge >= 0.3 is 0 Å². The standard InChI is InChI=1S/C15H26N4O/c1-11(2)18-6-3-4-13(9-18)15-17-16-14-8-12(10-20)5-7-19(14)15/h11-13,20H,3-10H2,1-2H3. The first-order valence-corrected chi connectivity index (χ1v) is 7.96. The molecule has 1 saturated heterocycles. The quantitative estimate of drug-likeness (QED) is 0.908. The van der Waals surface area contributed by atoms with E-state index in [4.69, 9.17) is 0 Å². The van der Waals surface area contributed by atoms with E-state index in [1.807, 2.05) is 0 Å². The first-order valence-electron chi connectivity index (χ1n) is 7.96. The van der Waals surface area contributed by atoms with Gasteiger partial charge in [0.15, 0.2) is 0 Å². The number of fused-ring (bicyclic) bond motifs is 1. The van der Waals surface area contributed by atoms with E-state index in [2.05, 4.69) is 33.5 Å². The Morgan fingerprint density at radius 3 is 2.85 bits per heavy atom. The van der Waals surface area contributed by atoms with Crippen molar-refractivity contribution in [2.24, 2.45) is 5.92 Å². The van der Waals surface area contributed by atoms with Crippen molar-refractivity contribution in [2.75, 3.05) is 19.7 Å². The SMILES string of the molecule is CC(C)N1CCCC(c2nnc3n2CCC(CO)C3)C1. The fourth-order valence-corrected chi connectivity index (χ4v) is 3.56. The third-order valence-electron chi connectivity index (χ3n) is 4.89. The van der Waals surface area contributed by atoms with Crippen LogP contribution in [0, 0.1) is 5.92 Å². The summed E-state index contributed by atoms with van der Waals surface area (Å²) in [7, 11) is 0. The zero-order valence-electron chi connectivity index (χ0n) is 12.6. The number of aliphatic hydroxyl groups excluding tert-OH is 1. The van der Waals surface area contributed by atoms with E-state index in [1.54, 1.807) is 0 Å². The Morgan fingerprint density at radius 2 is 2.10 bits per heavy atom. The summed E-state index contributed by atoms with van der Waals surface area (Å²) in [4.78, 5) is 2.55. The van der Waals surface area contributed by atoms with E-state index < -0.39 is 0 Å². The Kier molecular flexibility index (Phi) is 4.08. The van der Waals surface area contributed by atoms with Crippen LogP contribution in [-0.4, -0.2) is 50.5 Å². The Bertz CT molecular complexity index is 457. The molecule has 3 heterocycles. The van der Waals surface area contributed by atoms with Crippen LogP contribution in [0.1, 0.15) is 50.7 Å². The van der Waals surface area contributed by atoms with Gasteiger partial charge in [-0.2, -0.15) is 0 Å². The molecule has 2 unspecified atom stereocenters. The normalized spacial score (nSPS) is 27.8. The molecular formula is C15H26N4O. The summed E-state index contributed by atoms with van der Waals surface area (Å²) >= 11 is 0. The lowest BCUT2D eigenvalue weighted by Crippen LogP contribution is -2.40. The minimum Gasteiger partial charge on any atom is -0.396 e. The second kappa shape index (κ2) is 5.82. The molecule has 2 atom stereocenters. The summed E-state index contributed by atoms with van der Waals surface area (Å²) in [6.45, 7) is 8.11. The second-order valence-electron chi connectivity index (χ2n) is 6.60. The van der Waals surface area contributed by atoms with Crippen LogP contribution in [0.2, 0.25) is 0 Å². The van der Waals surface area contributed by atoms with E-state index in [1.165, 1.54) is 25.2 Å². The molecule has 5 heteroatoms. The predicted octanol–water partition coefficient (Wildman–Crippen LogP) is 1.42. The van der Waals surface area contributed by atoms with Crippen LogP contribution in [0.15, 0.2) is 0 Å². The average molecular weight is 278 g/mol. The van der Waals surface area contributed by atoms with Gasteiger partial charge in [0, 0.05) is 38.1 Å². The smallest absolute Gasteiger partial charge is 0.137 e. The molecule has 3 rings (SSSR count). The molecule has 0 aliphatic carbocycles. The van der Waals surface area contributed by atoms with Crippen LogP contribution >= 0.6 is 0 Å². The molecular weight excluding hydrogens is 252 g/mol. The van der Waals surface area contributed by atoms with Gasteiger partial charge in [-0.15, -0.1) is 10.2 Å². The molecule has 0 spiro atoms. The van der Waals surface area contributed by atoms with Gasteiger partial charge in [0.2, 0.25) is 0 Å². The molecule has 1 fully saturated rings. The van der Waals surface area contributed by atoms with Gasteiger partial charge in [-0.3, -0.25) is 0 Å². The lowest BCUT2D eigenvalue weighted by atomic mass is 9.94. The number of piperidine rings is 1. The molecule has 2 aliphatic heterocycles. The number of rotatable bonds is 3. The number of hydrogen-bond acceptors (Lipinski definition) is 4. The highest BCUT2D eigenvalue weighted by Crippen LogP contribution is 2.29. The third kappa shape index (κ3) is 2.61. The minimum absolute atomic E-state index is 0.271. The van der Waals surface area contributed by atoms with Crippen molar-refractivity contribution in [1.82, 2.24) is 19.7 Å². The molecule has 20 heavy (non-hydrogen) atoms. The zero-order chi connectivity index (χ0) is 14.1. The Balaban J connectivity index is 1.76. The molecule has 0 saturated carbocycles. The van der Waals surface area contributed by atoms with Gasteiger partial charge in [-0.1, -0.05) is 0 Å². The lowest BCUT2D eigenvalue weighted by Gasteiger charge is -2.35. The Morgan fingerprint density at radius 1 is 1.25 bits per heavy atom. The third-order valence-corrected chi connectivity index (χ3v) is 4.89. The molecule has 2 aliphatic rings. The van der Waals surface area contributed by atoms with Crippen LogP contribution < -0.4 is 0 Å². The van der Waals surface area contributed by atoms with Crippen LogP contribution in [-0.2, 0) is 13.0 Å². The first kappa shape index (κ1) is 14.0. The van der Waals surface area contributed by atoms with Crippen LogP contribution in [0.4, 0.5) is 0 Å². The summed E-state index contributed by atoms with van der Waals surface area (Å²) in [5.74, 6) is 3.16. The van der Waals surface area contributed by atoms with Crippen molar-refractivity contribution >= 4 is 0 Å². The van der Waals surface area contributed by atoms with Gasteiger partial charge in [-0.05, 0) is 45.6 Å². The largest absolute Gasteiger partial charge is 0.396 e. The number of hydrogen-bond donors (Lipinski definition) is 1. The Hall–Kier alpha value is -0.940. The van der Waals surface area contributed by atoms with E-state index >= 15 is 0 Å². The van der Waals surface area contributed by atoms with Crippen LogP contribution in [0.3, 0.4) is 0 Å². The fraction of sp³-hybridized carbons (Fsp3) is 0.867. The summed E-state index contributed by atoms with van der Waals surface area (Å²) < 4.78 is 2.32. The maximum absolute atomic E-state index is 9.30. The van der Waals surface area contributed by atoms with Crippen molar-refractivity contribution in [3.63, 3.8) is 0 Å². The molecule has 0 aromatic carbocycles. The van der Waals surface area contributed by atoms with Crippen molar-refractivity contribution < 1.29 is 5.11 Å². The fourth-order valence-electron chi connectivity index (χ4n) is 3.56. The van der Waals surface area contributed by atoms with Crippen molar-refractivity contribution in [3.05, 3.63) is 11.6 Å². The monoisotopic (exact) mass is 278 g/mol. The van der Waals surface area contributed by atoms with Crippen molar-refractivity contribution in [1.29, 1.82) is 0 Å². The van der Waals surface area contributed by atoms with Gasteiger partial charge < -0.3 is 14.6 Å². The number of aliphatic hydroxyl groups is 1. The highest BCUT2D eigenvalue weighted by molar-refractivity contribution is 5.07. The van der Waals surface area contributed by atoms with Crippen LogP contribution in [0.5, 0.6) is 0 Å². The second-order valence-corrected chi connectivity index (χ2v) is 6.60. The summed E-state index contributed by atoms with van der Waals surface area (Å²) in [6, 6.07) is 0.611. The summed E-state index contributed by atoms with van der Waals surface area (Å²) in [6.07, 6.45) is 4.41.